The van der Waals surface area contributed by atoms with Gasteiger partial charge in [-0.25, -0.2) is 0 Å². The van der Waals surface area contributed by atoms with Crippen LogP contribution in [0, 0.1) is 0 Å². The molecule has 3 heteroatoms. The van der Waals surface area contributed by atoms with E-state index in [2.05, 4.69) is 26.6 Å². The second-order valence-electron chi connectivity index (χ2n) is 5.02. The first-order chi connectivity index (χ1) is 6.45. The fourth-order valence-corrected chi connectivity index (χ4v) is 2.17. The molecule has 0 aromatic heterocycles. The van der Waals surface area contributed by atoms with Crippen molar-refractivity contribution >= 4 is 14.0 Å². The van der Waals surface area contributed by atoms with Crippen molar-refractivity contribution in [3.63, 3.8) is 0 Å². The molecular formula is C11H24O2Si. The highest BCUT2D eigenvalue weighted by molar-refractivity contribution is 6.78. The second-order valence-corrected chi connectivity index (χ2v) is 10.5. The van der Waals surface area contributed by atoms with E-state index < -0.39 is 8.07 Å². The predicted octanol–water partition coefficient (Wildman–Crippen LogP) is 3.45. The Morgan fingerprint density at radius 1 is 1.14 bits per heavy atom. The van der Waals surface area contributed by atoms with Crippen LogP contribution in [0.5, 0.6) is 0 Å². The molecule has 0 amide bonds. The average molecular weight is 216 g/mol. The molecule has 0 bridgehead atoms. The lowest BCUT2D eigenvalue weighted by Crippen LogP contribution is -2.25. The molecule has 0 fully saturated rings. The molecule has 14 heavy (non-hydrogen) atoms. The van der Waals surface area contributed by atoms with E-state index in [4.69, 9.17) is 4.74 Å². The molecule has 0 aromatic carbocycles. The first-order valence-electron chi connectivity index (χ1n) is 5.61. The number of ether oxygens (including phenoxy) is 1. The maximum atomic E-state index is 11.3. The molecule has 0 unspecified atom stereocenters. The molecule has 0 aliphatic heterocycles. The number of carbonyl (C=O) groups is 1. The number of hydrogen-bond donors (Lipinski definition) is 0. The van der Waals surface area contributed by atoms with Crippen molar-refractivity contribution in [3.8, 4) is 0 Å². The summed E-state index contributed by atoms with van der Waals surface area (Å²) in [5, 5.41) is 0. The van der Waals surface area contributed by atoms with Crippen molar-refractivity contribution in [1.82, 2.24) is 0 Å². The minimum absolute atomic E-state index is 0.000616. The molecule has 0 aliphatic carbocycles. The molecule has 0 saturated heterocycles. The maximum Gasteiger partial charge on any atom is 0.303 e. The molecule has 0 aliphatic rings. The summed E-state index contributed by atoms with van der Waals surface area (Å²) < 4.78 is 5.16. The van der Waals surface area contributed by atoms with Gasteiger partial charge in [0.2, 0.25) is 0 Å². The van der Waals surface area contributed by atoms with Crippen LogP contribution in [0.15, 0.2) is 0 Å². The minimum atomic E-state index is -1.27. The largest absolute Gasteiger partial charge is 0.466 e. The van der Waals surface area contributed by atoms with Crippen LogP contribution in [-0.4, -0.2) is 20.7 Å². The summed E-state index contributed by atoms with van der Waals surface area (Å²) in [5.41, 5.74) is 0. The van der Waals surface area contributed by atoms with Crippen LogP contribution in [0.1, 0.15) is 32.6 Å². The zero-order chi connectivity index (χ0) is 11.0. The third kappa shape index (κ3) is 9.77. The van der Waals surface area contributed by atoms with Gasteiger partial charge in [-0.2, -0.15) is 0 Å². The van der Waals surface area contributed by atoms with Crippen molar-refractivity contribution in [2.24, 2.45) is 0 Å². The summed E-state index contributed by atoms with van der Waals surface area (Å²) in [5.74, 6) is 0.000616. The Balaban J connectivity index is 3.36. The van der Waals surface area contributed by atoms with Crippen LogP contribution in [0.2, 0.25) is 25.7 Å². The zero-order valence-corrected chi connectivity index (χ0v) is 11.1. The van der Waals surface area contributed by atoms with Gasteiger partial charge in [0.25, 0.3) is 0 Å². The summed E-state index contributed by atoms with van der Waals surface area (Å²) in [6.07, 6.45) is 4.66. The lowest BCUT2D eigenvalue weighted by atomic mass is 10.2. The predicted molar refractivity (Wildman–Crippen MR) is 63.3 cm³/mol. The molecule has 0 heterocycles. The number of unbranched alkanes of at least 4 members (excludes halogenated alkanes) is 3. The van der Waals surface area contributed by atoms with E-state index in [0.29, 0.717) is 12.7 Å². The third-order valence-electron chi connectivity index (χ3n) is 1.94. The summed E-state index contributed by atoms with van der Waals surface area (Å²) in [6.45, 7) is 9.35. The Labute approximate surface area is 89.0 Å². The zero-order valence-electron chi connectivity index (χ0n) is 10.1. The molecular weight excluding hydrogens is 192 g/mol. The summed E-state index contributed by atoms with van der Waals surface area (Å²) in [6, 6.07) is 0.654. The highest BCUT2D eigenvalue weighted by atomic mass is 28.3. The van der Waals surface area contributed by atoms with Crippen molar-refractivity contribution < 1.29 is 9.53 Å². The summed E-state index contributed by atoms with van der Waals surface area (Å²) in [7, 11) is -1.27. The summed E-state index contributed by atoms with van der Waals surface area (Å²) in [4.78, 5) is 11.3. The second kappa shape index (κ2) is 7.04. The van der Waals surface area contributed by atoms with Gasteiger partial charge in [0.15, 0.2) is 0 Å². The van der Waals surface area contributed by atoms with Gasteiger partial charge in [0, 0.05) is 6.04 Å². The molecule has 0 N–H and O–H groups in total. The number of esters is 1. The number of rotatable bonds is 7. The van der Waals surface area contributed by atoms with E-state index >= 15 is 0 Å². The van der Waals surface area contributed by atoms with Gasteiger partial charge < -0.3 is 4.74 Å². The van der Waals surface area contributed by atoms with Crippen LogP contribution in [-0.2, 0) is 9.53 Å². The Morgan fingerprint density at radius 2 is 1.79 bits per heavy atom. The standard InChI is InChI=1S/C11H24O2Si/c1-5-6-7-8-9-13-11(12)10-14(2,3)4/h5-10H2,1-4H3. The first kappa shape index (κ1) is 13.7. The van der Waals surface area contributed by atoms with Crippen molar-refractivity contribution in [2.45, 2.75) is 58.3 Å². The Kier molecular flexibility index (Phi) is 6.88. The SMILES string of the molecule is CCCCCCOC(=O)C[Si](C)(C)C. The molecule has 0 saturated carbocycles. The van der Waals surface area contributed by atoms with Crippen molar-refractivity contribution in [1.29, 1.82) is 0 Å². The fourth-order valence-electron chi connectivity index (χ4n) is 1.20. The van der Waals surface area contributed by atoms with E-state index in [1.807, 2.05) is 0 Å². The average Bonchev–Trinajstić information content (AvgIpc) is 2.00. The highest BCUT2D eigenvalue weighted by Gasteiger charge is 2.18. The quantitative estimate of drug-likeness (QED) is 0.370. The maximum absolute atomic E-state index is 11.3. The fraction of sp³-hybridized carbons (Fsp3) is 0.909. The van der Waals surface area contributed by atoms with Gasteiger partial charge in [-0.3, -0.25) is 4.79 Å². The van der Waals surface area contributed by atoms with Crippen molar-refractivity contribution in [3.05, 3.63) is 0 Å². The normalized spacial score (nSPS) is 11.4. The smallest absolute Gasteiger partial charge is 0.303 e. The lowest BCUT2D eigenvalue weighted by molar-refractivity contribution is -0.141. The minimum Gasteiger partial charge on any atom is -0.466 e. The Bertz CT molecular complexity index is 161. The molecule has 0 spiro atoms. The van der Waals surface area contributed by atoms with Gasteiger partial charge in [0.1, 0.15) is 0 Å². The van der Waals surface area contributed by atoms with E-state index in [9.17, 15) is 4.79 Å². The summed E-state index contributed by atoms with van der Waals surface area (Å²) >= 11 is 0. The van der Waals surface area contributed by atoms with Gasteiger partial charge in [-0.05, 0) is 6.42 Å². The van der Waals surface area contributed by atoms with Gasteiger partial charge in [-0.1, -0.05) is 45.8 Å². The first-order valence-corrected chi connectivity index (χ1v) is 9.32. The van der Waals surface area contributed by atoms with Crippen LogP contribution in [0.3, 0.4) is 0 Å². The van der Waals surface area contributed by atoms with Crippen LogP contribution < -0.4 is 0 Å². The van der Waals surface area contributed by atoms with E-state index in [1.165, 1.54) is 19.3 Å². The van der Waals surface area contributed by atoms with Crippen LogP contribution in [0.25, 0.3) is 0 Å². The van der Waals surface area contributed by atoms with E-state index in [0.717, 1.165) is 6.42 Å². The highest BCUT2D eigenvalue weighted by Crippen LogP contribution is 2.09. The monoisotopic (exact) mass is 216 g/mol. The molecule has 0 atom stereocenters. The van der Waals surface area contributed by atoms with Gasteiger partial charge >= 0.3 is 5.97 Å². The Morgan fingerprint density at radius 3 is 2.29 bits per heavy atom. The topological polar surface area (TPSA) is 26.3 Å². The molecule has 0 rings (SSSR count). The third-order valence-corrected chi connectivity index (χ3v) is 3.28. The van der Waals surface area contributed by atoms with Gasteiger partial charge in [-0.15, -0.1) is 0 Å². The molecule has 0 radical (unpaired) electrons. The Hall–Kier alpha value is -0.313. The molecule has 2 nitrogen and oxygen atoms in total. The molecule has 0 aromatic rings. The van der Waals surface area contributed by atoms with Gasteiger partial charge in [0.05, 0.1) is 14.7 Å². The van der Waals surface area contributed by atoms with Crippen LogP contribution in [0.4, 0.5) is 0 Å². The van der Waals surface area contributed by atoms with E-state index in [1.54, 1.807) is 0 Å². The number of carbonyl (C=O) groups excluding carboxylic acids is 1. The van der Waals surface area contributed by atoms with E-state index in [-0.39, 0.29) is 5.97 Å². The van der Waals surface area contributed by atoms with Crippen LogP contribution >= 0.6 is 0 Å². The number of hydrogen-bond acceptors (Lipinski definition) is 2. The lowest BCUT2D eigenvalue weighted by Gasteiger charge is -2.14. The molecule has 84 valence electrons. The van der Waals surface area contributed by atoms with Crippen molar-refractivity contribution in [2.75, 3.05) is 6.61 Å².